The lowest BCUT2D eigenvalue weighted by Gasteiger charge is -2.48. The van der Waals surface area contributed by atoms with Gasteiger partial charge in [0.05, 0.1) is 0 Å². The molecule has 16 heavy (non-hydrogen) atoms. The summed E-state index contributed by atoms with van der Waals surface area (Å²) in [6.07, 6.45) is 5.80. The van der Waals surface area contributed by atoms with Crippen molar-refractivity contribution in [1.82, 2.24) is 5.32 Å². The second kappa shape index (κ2) is 5.50. The molecule has 0 radical (unpaired) electrons. The Bertz CT molecular complexity index is 215. The van der Waals surface area contributed by atoms with Gasteiger partial charge in [-0.25, -0.2) is 0 Å². The fourth-order valence-electron chi connectivity index (χ4n) is 3.76. The zero-order valence-electron chi connectivity index (χ0n) is 11.5. The Morgan fingerprint density at radius 2 is 2.00 bits per heavy atom. The normalized spacial score (nSPS) is 33.9. The average molecular weight is 227 g/mol. The van der Waals surface area contributed by atoms with Gasteiger partial charge in [0.2, 0.25) is 0 Å². The largest absolute Gasteiger partial charge is 0.396 e. The van der Waals surface area contributed by atoms with Crippen molar-refractivity contribution in [3.63, 3.8) is 0 Å². The molecule has 0 saturated heterocycles. The van der Waals surface area contributed by atoms with Crippen LogP contribution in [0.2, 0.25) is 0 Å². The van der Waals surface area contributed by atoms with Crippen LogP contribution in [0.25, 0.3) is 0 Å². The summed E-state index contributed by atoms with van der Waals surface area (Å²) >= 11 is 0. The smallest absolute Gasteiger partial charge is 0.0448 e. The lowest BCUT2D eigenvalue weighted by atomic mass is 9.63. The predicted molar refractivity (Wildman–Crippen MR) is 69.5 cm³/mol. The van der Waals surface area contributed by atoms with Crippen LogP contribution in [0.5, 0.6) is 0 Å². The van der Waals surface area contributed by atoms with Crippen molar-refractivity contribution in [2.24, 2.45) is 11.3 Å². The van der Waals surface area contributed by atoms with E-state index in [1.807, 2.05) is 0 Å². The zero-order chi connectivity index (χ0) is 12.2. The molecule has 2 heteroatoms. The van der Waals surface area contributed by atoms with E-state index >= 15 is 0 Å². The summed E-state index contributed by atoms with van der Waals surface area (Å²) in [5.41, 5.74) is 0.597. The molecule has 2 nitrogen and oxygen atoms in total. The fourth-order valence-corrected chi connectivity index (χ4v) is 3.76. The van der Waals surface area contributed by atoms with Gasteiger partial charge in [-0.05, 0) is 50.0 Å². The second-order valence-corrected chi connectivity index (χ2v) is 6.54. The zero-order valence-corrected chi connectivity index (χ0v) is 11.5. The van der Waals surface area contributed by atoms with E-state index in [-0.39, 0.29) is 5.54 Å². The number of aliphatic hydroxyl groups is 1. The Morgan fingerprint density at radius 1 is 1.31 bits per heavy atom. The third-order valence-corrected chi connectivity index (χ3v) is 3.80. The molecule has 0 amide bonds. The van der Waals surface area contributed by atoms with Gasteiger partial charge < -0.3 is 10.4 Å². The summed E-state index contributed by atoms with van der Waals surface area (Å²) in [5, 5.41) is 13.0. The first kappa shape index (κ1) is 14.0. The maximum atomic E-state index is 9.30. The van der Waals surface area contributed by atoms with Crippen molar-refractivity contribution in [2.75, 3.05) is 13.2 Å². The molecule has 0 aromatic rings. The van der Waals surface area contributed by atoms with Crippen LogP contribution in [0, 0.1) is 11.3 Å². The molecule has 0 spiro atoms. The second-order valence-electron chi connectivity index (χ2n) is 6.54. The number of aliphatic hydroxyl groups excluding tert-OH is 1. The van der Waals surface area contributed by atoms with Crippen LogP contribution < -0.4 is 5.32 Å². The van der Waals surface area contributed by atoms with E-state index in [4.69, 9.17) is 0 Å². The highest BCUT2D eigenvalue weighted by Gasteiger charge is 2.41. The number of nitrogens with one attached hydrogen (secondary N) is 1. The molecule has 0 aromatic carbocycles. The highest BCUT2D eigenvalue weighted by Crippen LogP contribution is 2.45. The van der Waals surface area contributed by atoms with Gasteiger partial charge in [-0.3, -0.25) is 0 Å². The number of hydrogen-bond donors (Lipinski definition) is 2. The van der Waals surface area contributed by atoms with Gasteiger partial charge in [-0.2, -0.15) is 0 Å². The summed E-state index contributed by atoms with van der Waals surface area (Å²) in [6, 6.07) is 0. The van der Waals surface area contributed by atoms with E-state index in [2.05, 4.69) is 33.0 Å². The molecule has 1 rings (SSSR count). The van der Waals surface area contributed by atoms with E-state index < -0.39 is 0 Å². The summed E-state index contributed by atoms with van der Waals surface area (Å²) in [4.78, 5) is 0. The minimum atomic E-state index is 0.186. The Kier molecular flexibility index (Phi) is 4.81. The summed E-state index contributed by atoms with van der Waals surface area (Å²) in [6.45, 7) is 10.7. The van der Waals surface area contributed by atoms with Crippen LogP contribution in [0.3, 0.4) is 0 Å². The monoisotopic (exact) mass is 227 g/mol. The minimum Gasteiger partial charge on any atom is -0.396 e. The molecule has 1 aliphatic carbocycles. The Labute approximate surface area is 101 Å². The minimum absolute atomic E-state index is 0.186. The first-order chi connectivity index (χ1) is 7.43. The predicted octanol–water partition coefficient (Wildman–Crippen LogP) is 2.95. The first-order valence-corrected chi connectivity index (χ1v) is 6.79. The molecular weight excluding hydrogens is 198 g/mol. The van der Waals surface area contributed by atoms with Crippen LogP contribution in [0.4, 0.5) is 0 Å². The molecule has 96 valence electrons. The van der Waals surface area contributed by atoms with E-state index in [9.17, 15) is 5.11 Å². The molecular formula is C14H29NO. The fraction of sp³-hybridized carbons (Fsp3) is 1.00. The number of hydrogen-bond acceptors (Lipinski definition) is 2. The summed E-state index contributed by atoms with van der Waals surface area (Å²) in [5.74, 6) is 0.764. The van der Waals surface area contributed by atoms with Crippen LogP contribution in [0.1, 0.15) is 59.8 Å². The first-order valence-electron chi connectivity index (χ1n) is 6.79. The van der Waals surface area contributed by atoms with E-state index in [0.717, 1.165) is 18.9 Å². The van der Waals surface area contributed by atoms with E-state index in [0.29, 0.717) is 12.0 Å². The van der Waals surface area contributed by atoms with Gasteiger partial charge in [0, 0.05) is 12.1 Å². The average Bonchev–Trinajstić information content (AvgIpc) is 2.12. The lowest BCUT2D eigenvalue weighted by Crippen LogP contribution is -2.53. The van der Waals surface area contributed by atoms with Gasteiger partial charge in [-0.1, -0.05) is 27.7 Å². The molecule has 2 atom stereocenters. The third kappa shape index (κ3) is 3.74. The van der Waals surface area contributed by atoms with Crippen molar-refractivity contribution in [3.8, 4) is 0 Å². The molecule has 0 aromatic heterocycles. The van der Waals surface area contributed by atoms with E-state index in [1.165, 1.54) is 25.7 Å². The maximum absolute atomic E-state index is 9.30. The van der Waals surface area contributed by atoms with Crippen LogP contribution in [0.15, 0.2) is 0 Å². The Balaban J connectivity index is 2.73. The molecule has 0 bridgehead atoms. The SMILES string of the molecule is CCCNC1(CCO)CC(C)CC(C)(C)C1. The highest BCUT2D eigenvalue weighted by molar-refractivity contribution is 4.98. The van der Waals surface area contributed by atoms with E-state index in [1.54, 1.807) is 0 Å². The topological polar surface area (TPSA) is 32.3 Å². The van der Waals surface area contributed by atoms with Gasteiger partial charge in [-0.15, -0.1) is 0 Å². The maximum Gasteiger partial charge on any atom is 0.0448 e. The third-order valence-electron chi connectivity index (χ3n) is 3.80. The van der Waals surface area contributed by atoms with Crippen molar-refractivity contribution in [3.05, 3.63) is 0 Å². The molecule has 1 saturated carbocycles. The van der Waals surface area contributed by atoms with Crippen molar-refractivity contribution < 1.29 is 5.11 Å². The van der Waals surface area contributed by atoms with Gasteiger partial charge in [0.25, 0.3) is 0 Å². The van der Waals surface area contributed by atoms with Gasteiger partial charge in [0.15, 0.2) is 0 Å². The summed E-state index contributed by atoms with van der Waals surface area (Å²) in [7, 11) is 0. The van der Waals surface area contributed by atoms with Gasteiger partial charge >= 0.3 is 0 Å². The molecule has 2 N–H and O–H groups in total. The molecule has 0 heterocycles. The Hall–Kier alpha value is -0.0800. The highest BCUT2D eigenvalue weighted by atomic mass is 16.3. The summed E-state index contributed by atoms with van der Waals surface area (Å²) < 4.78 is 0. The van der Waals surface area contributed by atoms with Crippen LogP contribution in [-0.2, 0) is 0 Å². The standard InChI is InChI=1S/C14H29NO/c1-5-7-15-14(6-8-16)10-12(2)9-13(3,4)11-14/h12,15-16H,5-11H2,1-4H3. The van der Waals surface area contributed by atoms with Crippen LogP contribution in [-0.4, -0.2) is 23.8 Å². The Morgan fingerprint density at radius 3 is 2.50 bits per heavy atom. The van der Waals surface area contributed by atoms with Gasteiger partial charge in [0.1, 0.15) is 0 Å². The molecule has 0 aliphatic heterocycles. The quantitative estimate of drug-likeness (QED) is 0.757. The molecule has 1 fully saturated rings. The van der Waals surface area contributed by atoms with Crippen molar-refractivity contribution in [2.45, 2.75) is 65.3 Å². The number of rotatable bonds is 5. The lowest BCUT2D eigenvalue weighted by molar-refractivity contribution is 0.0615. The van der Waals surface area contributed by atoms with Crippen molar-refractivity contribution >= 4 is 0 Å². The van der Waals surface area contributed by atoms with Crippen LogP contribution >= 0.6 is 0 Å². The molecule has 1 aliphatic rings. The molecule has 2 unspecified atom stereocenters. The van der Waals surface area contributed by atoms with Crippen molar-refractivity contribution in [1.29, 1.82) is 0 Å².